The van der Waals surface area contributed by atoms with Crippen molar-refractivity contribution < 1.29 is 18.3 Å². The molecule has 0 bridgehead atoms. The zero-order chi connectivity index (χ0) is 13.9. The minimum atomic E-state index is -0.689. The summed E-state index contributed by atoms with van der Waals surface area (Å²) in [6, 6.07) is 2.92. The van der Waals surface area contributed by atoms with Gasteiger partial charge in [0.05, 0.1) is 5.69 Å². The van der Waals surface area contributed by atoms with E-state index in [4.69, 9.17) is 4.74 Å². The Morgan fingerprint density at radius 3 is 2.50 bits per heavy atom. The number of carbonyl (C=O) groups is 1. The lowest BCUT2D eigenvalue weighted by Gasteiger charge is -2.25. The van der Waals surface area contributed by atoms with Gasteiger partial charge in [-0.05, 0) is 32.9 Å². The molecule has 6 heteroatoms. The van der Waals surface area contributed by atoms with Gasteiger partial charge >= 0.3 is 6.09 Å². The molecule has 0 fully saturated rings. The molecular formula is C12H16F2N2O2. The van der Waals surface area contributed by atoms with Crippen LogP contribution in [0.2, 0.25) is 0 Å². The molecule has 1 rings (SSSR count). The summed E-state index contributed by atoms with van der Waals surface area (Å²) in [5, 5.41) is 0.948. The Kier molecular flexibility index (Phi) is 4.11. The second-order valence-electron chi connectivity index (χ2n) is 4.78. The SMILES string of the molecule is CN(Nc1cc(F)ccc1F)C(=O)OC(C)(C)C. The van der Waals surface area contributed by atoms with Gasteiger partial charge in [-0.25, -0.2) is 18.6 Å². The van der Waals surface area contributed by atoms with E-state index < -0.39 is 23.3 Å². The van der Waals surface area contributed by atoms with E-state index in [9.17, 15) is 13.6 Å². The lowest BCUT2D eigenvalue weighted by Crippen LogP contribution is -2.37. The Labute approximate surface area is 105 Å². The maximum Gasteiger partial charge on any atom is 0.428 e. The van der Waals surface area contributed by atoms with Crippen molar-refractivity contribution in [3.8, 4) is 0 Å². The Morgan fingerprint density at radius 2 is 1.94 bits per heavy atom. The van der Waals surface area contributed by atoms with E-state index in [0.717, 1.165) is 23.2 Å². The molecule has 1 aromatic rings. The van der Waals surface area contributed by atoms with E-state index in [0.29, 0.717) is 0 Å². The number of hydrazine groups is 1. The maximum absolute atomic E-state index is 13.3. The number of hydrogen-bond donors (Lipinski definition) is 1. The lowest BCUT2D eigenvalue weighted by atomic mass is 10.2. The molecule has 0 atom stereocenters. The summed E-state index contributed by atoms with van der Waals surface area (Å²) < 4.78 is 31.3. The van der Waals surface area contributed by atoms with Crippen molar-refractivity contribution in [2.24, 2.45) is 0 Å². The summed E-state index contributed by atoms with van der Waals surface area (Å²) in [5.41, 5.74) is 1.62. The molecule has 0 spiro atoms. The smallest absolute Gasteiger partial charge is 0.428 e. The summed E-state index contributed by atoms with van der Waals surface area (Å²) in [4.78, 5) is 11.6. The topological polar surface area (TPSA) is 41.6 Å². The molecule has 0 aromatic heterocycles. The van der Waals surface area contributed by atoms with Crippen LogP contribution in [0.25, 0.3) is 0 Å². The molecular weight excluding hydrogens is 242 g/mol. The summed E-state index contributed by atoms with van der Waals surface area (Å²) >= 11 is 0. The first-order chi connectivity index (χ1) is 8.19. The van der Waals surface area contributed by atoms with E-state index >= 15 is 0 Å². The van der Waals surface area contributed by atoms with Gasteiger partial charge in [0.1, 0.15) is 17.2 Å². The van der Waals surface area contributed by atoms with Gasteiger partial charge in [0.15, 0.2) is 0 Å². The second-order valence-corrected chi connectivity index (χ2v) is 4.78. The molecule has 0 unspecified atom stereocenters. The van der Waals surface area contributed by atoms with E-state index in [2.05, 4.69) is 5.43 Å². The van der Waals surface area contributed by atoms with E-state index in [-0.39, 0.29) is 5.69 Å². The van der Waals surface area contributed by atoms with Crippen LogP contribution >= 0.6 is 0 Å². The number of anilines is 1. The standard InChI is InChI=1S/C12H16F2N2O2/c1-12(2,3)18-11(17)16(4)15-10-7-8(13)5-6-9(10)14/h5-7,15H,1-4H3. The van der Waals surface area contributed by atoms with Crippen molar-refractivity contribution in [3.05, 3.63) is 29.8 Å². The number of nitrogens with one attached hydrogen (secondary N) is 1. The van der Waals surface area contributed by atoms with Gasteiger partial charge < -0.3 is 4.74 Å². The molecule has 0 saturated carbocycles. The largest absolute Gasteiger partial charge is 0.442 e. The first-order valence-corrected chi connectivity index (χ1v) is 5.37. The van der Waals surface area contributed by atoms with Crippen LogP contribution < -0.4 is 5.43 Å². The lowest BCUT2D eigenvalue weighted by molar-refractivity contribution is 0.0338. The fourth-order valence-electron chi connectivity index (χ4n) is 1.14. The van der Waals surface area contributed by atoms with Gasteiger partial charge in [-0.3, -0.25) is 5.43 Å². The maximum atomic E-state index is 13.3. The highest BCUT2D eigenvalue weighted by molar-refractivity contribution is 5.69. The number of amides is 1. The van der Waals surface area contributed by atoms with E-state index in [1.54, 1.807) is 20.8 Å². The first-order valence-electron chi connectivity index (χ1n) is 5.37. The molecule has 4 nitrogen and oxygen atoms in total. The minimum absolute atomic E-state index is 0.136. The highest BCUT2D eigenvalue weighted by Crippen LogP contribution is 2.16. The number of rotatable bonds is 2. The van der Waals surface area contributed by atoms with E-state index in [1.807, 2.05) is 0 Å². The van der Waals surface area contributed by atoms with Crippen LogP contribution in [-0.4, -0.2) is 23.8 Å². The average Bonchev–Trinajstić information content (AvgIpc) is 2.21. The third-order valence-electron chi connectivity index (χ3n) is 1.88. The molecule has 0 radical (unpaired) electrons. The summed E-state index contributed by atoms with van der Waals surface area (Å²) in [7, 11) is 1.36. The Balaban J connectivity index is 2.72. The molecule has 0 saturated heterocycles. The molecule has 1 amide bonds. The van der Waals surface area contributed by atoms with E-state index in [1.165, 1.54) is 7.05 Å². The highest BCUT2D eigenvalue weighted by atomic mass is 19.1. The van der Waals surface area contributed by atoms with Crippen LogP contribution in [0.15, 0.2) is 18.2 Å². The quantitative estimate of drug-likeness (QED) is 0.828. The van der Waals surface area contributed by atoms with Gasteiger partial charge in [-0.1, -0.05) is 0 Å². The van der Waals surface area contributed by atoms with Gasteiger partial charge in [-0.15, -0.1) is 0 Å². The zero-order valence-electron chi connectivity index (χ0n) is 10.8. The summed E-state index contributed by atoms with van der Waals surface area (Å²) in [6.45, 7) is 5.13. The number of hydrogen-bond acceptors (Lipinski definition) is 3. The zero-order valence-corrected chi connectivity index (χ0v) is 10.8. The fourth-order valence-corrected chi connectivity index (χ4v) is 1.14. The van der Waals surface area contributed by atoms with Crippen molar-refractivity contribution in [1.82, 2.24) is 5.01 Å². The number of halogens is 2. The molecule has 1 aromatic carbocycles. The predicted molar refractivity (Wildman–Crippen MR) is 64.0 cm³/mol. The van der Waals surface area contributed by atoms with Crippen molar-refractivity contribution in [3.63, 3.8) is 0 Å². The summed E-state index contributed by atoms with van der Waals surface area (Å²) in [5.74, 6) is -1.26. The monoisotopic (exact) mass is 258 g/mol. The molecule has 0 heterocycles. The van der Waals surface area contributed by atoms with Crippen molar-refractivity contribution in [2.45, 2.75) is 26.4 Å². The van der Waals surface area contributed by atoms with Gasteiger partial charge in [0, 0.05) is 13.1 Å². The number of nitrogens with zero attached hydrogens (tertiary/aromatic N) is 1. The van der Waals surface area contributed by atoms with Crippen molar-refractivity contribution in [2.75, 3.05) is 12.5 Å². The fraction of sp³-hybridized carbons (Fsp3) is 0.417. The van der Waals surface area contributed by atoms with Crippen LogP contribution in [0.1, 0.15) is 20.8 Å². The molecule has 100 valence electrons. The number of benzene rings is 1. The first kappa shape index (κ1) is 14.2. The molecule has 1 N–H and O–H groups in total. The van der Waals surface area contributed by atoms with Gasteiger partial charge in [0.2, 0.25) is 0 Å². The Bertz CT molecular complexity index is 444. The molecule has 18 heavy (non-hydrogen) atoms. The van der Waals surface area contributed by atoms with Gasteiger partial charge in [0.25, 0.3) is 0 Å². The highest BCUT2D eigenvalue weighted by Gasteiger charge is 2.20. The van der Waals surface area contributed by atoms with Crippen molar-refractivity contribution in [1.29, 1.82) is 0 Å². The molecule has 0 aliphatic carbocycles. The van der Waals surface area contributed by atoms with Crippen LogP contribution in [-0.2, 0) is 4.74 Å². The third kappa shape index (κ3) is 4.20. The number of ether oxygens (including phenoxy) is 1. The molecule has 0 aliphatic rings. The Morgan fingerprint density at radius 1 is 1.33 bits per heavy atom. The van der Waals surface area contributed by atoms with Crippen molar-refractivity contribution >= 4 is 11.8 Å². The molecule has 0 aliphatic heterocycles. The van der Waals surface area contributed by atoms with Crippen LogP contribution in [0.3, 0.4) is 0 Å². The predicted octanol–water partition coefficient (Wildman–Crippen LogP) is 3.16. The normalized spacial score (nSPS) is 11.0. The Hall–Kier alpha value is -1.85. The summed E-state index contributed by atoms with van der Waals surface area (Å²) in [6.07, 6.45) is -0.689. The van der Waals surface area contributed by atoms with Gasteiger partial charge in [-0.2, -0.15) is 0 Å². The third-order valence-corrected chi connectivity index (χ3v) is 1.88. The second kappa shape index (κ2) is 5.20. The minimum Gasteiger partial charge on any atom is -0.442 e. The number of carbonyl (C=O) groups excluding carboxylic acids is 1. The van der Waals surface area contributed by atoms with Crippen LogP contribution in [0.4, 0.5) is 19.3 Å². The van der Waals surface area contributed by atoms with Crippen LogP contribution in [0, 0.1) is 11.6 Å². The average molecular weight is 258 g/mol. The van der Waals surface area contributed by atoms with Crippen LogP contribution in [0.5, 0.6) is 0 Å².